The highest BCUT2D eigenvalue weighted by Gasteiger charge is 2.44. The van der Waals surface area contributed by atoms with Crippen molar-refractivity contribution in [3.05, 3.63) is 120 Å². The van der Waals surface area contributed by atoms with Crippen LogP contribution in [-0.2, 0) is 21.4 Å². The molecule has 0 saturated carbocycles. The molecule has 3 aliphatic heterocycles. The molecule has 7 aromatic rings. The number of anilines is 1. The van der Waals surface area contributed by atoms with E-state index in [0.717, 1.165) is 29.7 Å². The minimum absolute atomic E-state index is 0.00219. The fraction of sp³-hybridized carbons (Fsp3) is 0.410. The van der Waals surface area contributed by atoms with Crippen molar-refractivity contribution in [2.45, 2.75) is 83.5 Å². The molecule has 3 saturated heterocycles. The molecule has 0 unspecified atom stereocenters. The number of fused-ring (bicyclic) bond motifs is 2. The molecule has 3 N–H and O–H groups in total. The van der Waals surface area contributed by atoms with Crippen LogP contribution in [0, 0.1) is 28.5 Å². The Kier molecular flexibility index (Phi) is 17.0. The van der Waals surface area contributed by atoms with Crippen molar-refractivity contribution in [1.29, 1.82) is 5.26 Å². The molecule has 0 radical (unpaired) electrons. The van der Waals surface area contributed by atoms with Crippen LogP contribution in [0.4, 0.5) is 14.6 Å². The van der Waals surface area contributed by atoms with E-state index in [1.165, 1.54) is 15.9 Å². The van der Waals surface area contributed by atoms with Gasteiger partial charge in [-0.05, 0) is 95.7 Å². The summed E-state index contributed by atoms with van der Waals surface area (Å²) in [6.45, 7) is 13.5. The second-order valence-corrected chi connectivity index (χ2v) is 22.9. The maximum absolute atomic E-state index is 17.3. The van der Waals surface area contributed by atoms with Crippen LogP contribution < -0.4 is 19.7 Å². The van der Waals surface area contributed by atoms with Gasteiger partial charge < -0.3 is 44.2 Å². The van der Waals surface area contributed by atoms with Gasteiger partial charge in [-0.3, -0.25) is 24.0 Å². The van der Waals surface area contributed by atoms with Crippen LogP contribution >= 0.6 is 11.6 Å². The number of amides is 3. The van der Waals surface area contributed by atoms with E-state index in [1.807, 2.05) is 64.2 Å². The zero-order valence-electron chi connectivity index (χ0n) is 46.9. The number of aryl methyl sites for hydroxylation is 1. The summed E-state index contributed by atoms with van der Waals surface area (Å²) in [6, 6.07) is 23.2. The van der Waals surface area contributed by atoms with E-state index < -0.39 is 41.7 Å². The number of hydrogen-bond donors (Lipinski definition) is 3. The number of aromatic nitrogens is 5. The number of hydrogen-bond acceptors (Lipinski definition) is 15. The molecule has 0 aliphatic carbocycles. The van der Waals surface area contributed by atoms with Crippen molar-refractivity contribution < 1.29 is 47.4 Å². The quantitative estimate of drug-likeness (QED) is 0.0682. The van der Waals surface area contributed by atoms with E-state index in [9.17, 15) is 34.2 Å². The van der Waals surface area contributed by atoms with Crippen molar-refractivity contribution in [2.75, 3.05) is 63.9 Å². The molecule has 3 fully saturated rings. The molecule has 6 heterocycles. The van der Waals surface area contributed by atoms with Crippen LogP contribution in [0.2, 0.25) is 5.02 Å². The number of carbonyl (C=O) groups excluding carboxylic acids is 3. The maximum atomic E-state index is 17.3. The van der Waals surface area contributed by atoms with Gasteiger partial charge >= 0.3 is 6.01 Å². The first-order valence-corrected chi connectivity index (χ1v) is 28.2. The summed E-state index contributed by atoms with van der Waals surface area (Å²) < 4.78 is 51.5. The molecular formula is C61H66ClF2N11O8. The highest BCUT2D eigenvalue weighted by atomic mass is 35.5. The number of aliphatic hydroxyl groups is 1. The van der Waals surface area contributed by atoms with Crippen LogP contribution in [0.15, 0.2) is 102 Å². The third-order valence-electron chi connectivity index (χ3n) is 16.3. The Labute approximate surface area is 484 Å². The van der Waals surface area contributed by atoms with Crippen LogP contribution in [0.25, 0.3) is 44.1 Å². The van der Waals surface area contributed by atoms with Gasteiger partial charge in [0.1, 0.15) is 35.7 Å². The van der Waals surface area contributed by atoms with Gasteiger partial charge in [0.15, 0.2) is 17.4 Å². The fourth-order valence-electron chi connectivity index (χ4n) is 11.6. The van der Waals surface area contributed by atoms with E-state index >= 15 is 4.39 Å². The molecule has 10 rings (SSSR count). The highest BCUT2D eigenvalue weighted by molar-refractivity contribution is 6.35. The number of β-amino-alcohol motifs (C(OH)–C–C–N with tert-alkyl or cyclic N) is 1. The van der Waals surface area contributed by atoms with E-state index in [2.05, 4.69) is 45.0 Å². The summed E-state index contributed by atoms with van der Waals surface area (Å²) in [7, 11) is 1.87. The number of nitriles is 1. The number of phenolic OH excluding ortho intramolecular Hbond substituents is 1. The Morgan fingerprint density at radius 1 is 0.976 bits per heavy atom. The Balaban J connectivity index is 0.778. The van der Waals surface area contributed by atoms with E-state index in [-0.39, 0.29) is 120 Å². The van der Waals surface area contributed by atoms with Crippen molar-refractivity contribution in [2.24, 2.45) is 18.4 Å². The summed E-state index contributed by atoms with van der Waals surface area (Å²) in [6.07, 6.45) is 2.34. The van der Waals surface area contributed by atoms with Crippen LogP contribution in [-0.4, -0.2) is 145 Å². The molecule has 3 amide bonds. The predicted octanol–water partition coefficient (Wildman–Crippen LogP) is 8.89. The van der Waals surface area contributed by atoms with Crippen LogP contribution in [0.1, 0.15) is 76.7 Å². The van der Waals surface area contributed by atoms with Gasteiger partial charge in [-0.1, -0.05) is 87.5 Å². The van der Waals surface area contributed by atoms with Crippen molar-refractivity contribution in [3.63, 3.8) is 0 Å². The van der Waals surface area contributed by atoms with E-state index in [4.69, 9.17) is 30.6 Å². The maximum Gasteiger partial charge on any atom is 0.319 e. The second kappa shape index (κ2) is 24.3. The lowest BCUT2D eigenvalue weighted by Crippen LogP contribution is -2.55. The molecule has 0 spiro atoms. The number of piperidine rings is 1. The van der Waals surface area contributed by atoms with Gasteiger partial charge in [0.25, 0.3) is 11.8 Å². The molecule has 5 atom stereocenters. The van der Waals surface area contributed by atoms with Gasteiger partial charge in [-0.2, -0.15) is 20.3 Å². The number of likely N-dealkylation sites (tertiary alicyclic amines) is 2. The van der Waals surface area contributed by atoms with Crippen molar-refractivity contribution in [1.82, 2.24) is 44.9 Å². The van der Waals surface area contributed by atoms with E-state index in [1.54, 1.807) is 52.2 Å². The number of carbonyl (C=O) groups is 3. The average Bonchev–Trinajstić information content (AvgIpc) is 3.68. The SMILES string of the molecule is C=C(F)C(=O)N1CCN(c2nc(OCCN3CCC(C)(COc4cc([C@H](C(=O)N5C[C@H](O)C[C@H]5C(=O)N[C@@H](C)c5ccc(-c6ccnn6C)cc5)C(C)C)on4)CC3)nc3c(F)c(-c4cc(O)cc5ccccc45)c(Cl)cc23)C[C@@H]1CC#N. The van der Waals surface area contributed by atoms with Crippen molar-refractivity contribution in [3.8, 4) is 46.1 Å². The summed E-state index contributed by atoms with van der Waals surface area (Å²) in [5, 5.41) is 44.3. The number of phenols is 1. The third-order valence-corrected chi connectivity index (χ3v) is 16.6. The molecule has 434 valence electrons. The number of aromatic hydroxyl groups is 1. The summed E-state index contributed by atoms with van der Waals surface area (Å²) >= 11 is 6.95. The number of aliphatic hydroxyl groups excluding tert-OH is 1. The van der Waals surface area contributed by atoms with Gasteiger partial charge in [-0.25, -0.2) is 8.78 Å². The lowest BCUT2D eigenvalue weighted by molar-refractivity contribution is -0.141. The minimum atomic E-state index is -1.14. The predicted molar refractivity (Wildman–Crippen MR) is 307 cm³/mol. The first-order valence-electron chi connectivity index (χ1n) is 27.8. The molecule has 3 aliphatic rings. The fourth-order valence-corrected chi connectivity index (χ4v) is 11.9. The molecule has 83 heavy (non-hydrogen) atoms. The molecule has 19 nitrogen and oxygen atoms in total. The molecule has 22 heteroatoms. The number of ether oxygens (including phenoxy) is 2. The number of benzene rings is 4. The van der Waals surface area contributed by atoms with Crippen LogP contribution in [0.3, 0.4) is 0 Å². The molecular weight excluding hydrogens is 1090 g/mol. The normalized spacial score (nSPS) is 19.0. The summed E-state index contributed by atoms with van der Waals surface area (Å²) in [4.78, 5) is 57.1. The van der Waals surface area contributed by atoms with Gasteiger partial charge in [-0.15, -0.1) is 0 Å². The summed E-state index contributed by atoms with van der Waals surface area (Å²) in [5.41, 5.74) is 2.84. The number of halogens is 3. The van der Waals surface area contributed by atoms with Crippen molar-refractivity contribution >= 4 is 56.8 Å². The third kappa shape index (κ3) is 12.3. The Morgan fingerprint density at radius 3 is 2.45 bits per heavy atom. The van der Waals surface area contributed by atoms with Gasteiger partial charge in [0.2, 0.25) is 11.8 Å². The van der Waals surface area contributed by atoms with Gasteiger partial charge in [0.05, 0.1) is 48.0 Å². The molecule has 3 aromatic heterocycles. The first kappa shape index (κ1) is 58.0. The minimum Gasteiger partial charge on any atom is -0.508 e. The average molecular weight is 1150 g/mol. The van der Waals surface area contributed by atoms with E-state index in [0.29, 0.717) is 48.3 Å². The number of nitrogens with one attached hydrogen (secondary N) is 1. The zero-order chi connectivity index (χ0) is 58.9. The Hall–Kier alpha value is -8.19. The topological polar surface area (TPSA) is 229 Å². The monoisotopic (exact) mass is 1150 g/mol. The molecule has 4 aromatic carbocycles. The van der Waals surface area contributed by atoms with Gasteiger partial charge in [0, 0.05) is 74.8 Å². The smallest absolute Gasteiger partial charge is 0.319 e. The number of nitrogens with zero attached hydrogens (tertiary/aromatic N) is 10. The lowest BCUT2D eigenvalue weighted by atomic mass is 9.81. The number of piperazine rings is 1. The standard InChI is InChI=1S/C61H66ClF2N11O8/c1-35(2)52(59(80)75-33-43(77)29-49(75)57(78)67-37(4)38-11-13-39(14-12-38)48-16-20-66-71(48)6)50-31-51(70-83-50)82-34-61(5)17-21-72(22-18-61)25-26-81-60-68-55-46(56(69-60)73-23-24-74(58(79)36(3)63)41(32-73)15-19-65)30-47(62)53(54(55)64)45-28-42(76)27-40-9-7-8-10-44(40)45/h7-14,16,20,27-28,30-31,35,37,41,43,49,52,76-77H,3,15,17-18,21-26,29,32-34H2,1-2,4-6H3,(H,67,78)/t37-,41-,43+,49-,52+/m0/s1. The number of rotatable bonds is 18. The molecule has 0 bridgehead atoms. The highest BCUT2D eigenvalue weighted by Crippen LogP contribution is 2.43. The zero-order valence-corrected chi connectivity index (χ0v) is 47.7. The second-order valence-electron chi connectivity index (χ2n) is 22.5. The van der Waals surface area contributed by atoms with Crippen LogP contribution in [0.5, 0.6) is 17.6 Å². The largest absolute Gasteiger partial charge is 0.508 e. The Bertz CT molecular complexity index is 3620. The Morgan fingerprint density at radius 2 is 1.73 bits per heavy atom. The summed E-state index contributed by atoms with van der Waals surface area (Å²) in [5.74, 6) is -3.91. The lowest BCUT2D eigenvalue weighted by Gasteiger charge is -2.41. The first-order chi connectivity index (χ1) is 39.8.